The Bertz CT molecular complexity index is 1400. The van der Waals surface area contributed by atoms with Crippen LogP contribution in [0.25, 0.3) is 22.0 Å². The highest BCUT2D eigenvalue weighted by molar-refractivity contribution is 8.22. The minimum atomic E-state index is -3.32. The van der Waals surface area contributed by atoms with E-state index in [1.165, 1.54) is 23.6 Å². The number of halogens is 1. The van der Waals surface area contributed by atoms with E-state index in [9.17, 15) is 23.1 Å². The summed E-state index contributed by atoms with van der Waals surface area (Å²) in [5.41, 5.74) is 1.09. The van der Waals surface area contributed by atoms with E-state index in [1.807, 2.05) is 26.8 Å². The molecule has 4 rings (SSSR count). The van der Waals surface area contributed by atoms with Crippen molar-refractivity contribution in [2.75, 3.05) is 6.61 Å². The lowest BCUT2D eigenvalue weighted by Gasteiger charge is -2.47. The van der Waals surface area contributed by atoms with Crippen molar-refractivity contribution in [2.45, 2.75) is 77.0 Å². The van der Waals surface area contributed by atoms with Gasteiger partial charge >= 0.3 is 12.1 Å². The van der Waals surface area contributed by atoms with Crippen molar-refractivity contribution < 1.29 is 32.6 Å². The molecule has 1 aliphatic heterocycles. The zero-order chi connectivity index (χ0) is 28.2. The standard InChI is InChI=1S/C28H35FN2O6S/c1-17(32)36-13-12-23-21-14-18(8-11-25(21)38(34,35)31(23)27(2,3)4)22-16-30(26(33)37-28(5,6)7)24-15-19(29)9-10-20(22)24/h8-11,14-16,23,34-35H,12-13H2,1-7H3. The second-order valence-corrected chi connectivity index (χ2v) is 13.3. The van der Waals surface area contributed by atoms with Crippen LogP contribution in [-0.4, -0.2) is 47.8 Å². The molecule has 0 spiro atoms. The molecule has 0 fully saturated rings. The number of fused-ring (bicyclic) bond motifs is 2. The molecule has 1 atom stereocenters. The number of benzene rings is 2. The van der Waals surface area contributed by atoms with Crippen LogP contribution >= 0.6 is 10.8 Å². The molecule has 3 aromatic rings. The smallest absolute Gasteiger partial charge is 0.419 e. The largest absolute Gasteiger partial charge is 0.466 e. The molecule has 38 heavy (non-hydrogen) atoms. The Morgan fingerprint density at radius 2 is 1.74 bits per heavy atom. The topological polar surface area (TPSA) is 101 Å². The highest BCUT2D eigenvalue weighted by Crippen LogP contribution is 2.66. The van der Waals surface area contributed by atoms with Crippen LogP contribution in [0, 0.1) is 5.82 Å². The maximum absolute atomic E-state index is 14.2. The van der Waals surface area contributed by atoms with Crippen molar-refractivity contribution in [3.63, 3.8) is 0 Å². The molecule has 2 N–H and O–H groups in total. The summed E-state index contributed by atoms with van der Waals surface area (Å²) in [4.78, 5) is 24.8. The Kier molecular flexibility index (Phi) is 7.15. The SMILES string of the molecule is CC(=O)OCCC1c2cc(-c3cn(C(=O)OC(C)(C)C)c4cc(F)ccc34)ccc2S(O)(O)N1C(C)(C)C. The van der Waals surface area contributed by atoms with Gasteiger partial charge in [0.05, 0.1) is 23.1 Å². The number of carbonyl (C=O) groups excluding carboxylic acids is 2. The van der Waals surface area contributed by atoms with E-state index in [-0.39, 0.29) is 6.61 Å². The first-order valence-electron chi connectivity index (χ1n) is 12.4. The molecular weight excluding hydrogens is 511 g/mol. The van der Waals surface area contributed by atoms with E-state index in [2.05, 4.69) is 0 Å². The van der Waals surface area contributed by atoms with E-state index in [0.717, 1.165) is 0 Å². The molecule has 0 amide bonds. The van der Waals surface area contributed by atoms with Gasteiger partial charge in [0.15, 0.2) is 0 Å². The van der Waals surface area contributed by atoms with Gasteiger partial charge in [-0.05, 0) is 83.0 Å². The maximum atomic E-state index is 14.2. The van der Waals surface area contributed by atoms with Gasteiger partial charge in [0.1, 0.15) is 11.4 Å². The monoisotopic (exact) mass is 546 g/mol. The fraction of sp³-hybridized carbons (Fsp3) is 0.429. The Labute approximate surface area is 223 Å². The molecule has 0 saturated carbocycles. The van der Waals surface area contributed by atoms with Gasteiger partial charge in [0.25, 0.3) is 0 Å². The van der Waals surface area contributed by atoms with Crippen LogP contribution in [0.15, 0.2) is 47.5 Å². The average Bonchev–Trinajstić information content (AvgIpc) is 3.24. The number of esters is 1. The average molecular weight is 547 g/mol. The summed E-state index contributed by atoms with van der Waals surface area (Å²) in [6, 6.07) is 9.11. The minimum absolute atomic E-state index is 0.114. The molecule has 10 heteroatoms. The van der Waals surface area contributed by atoms with E-state index in [4.69, 9.17) is 9.47 Å². The number of nitrogens with zero attached hydrogens (tertiary/aromatic N) is 2. The summed E-state index contributed by atoms with van der Waals surface area (Å²) in [6.07, 6.45) is 1.34. The summed E-state index contributed by atoms with van der Waals surface area (Å²) < 4.78 is 50.6. The highest BCUT2D eigenvalue weighted by Gasteiger charge is 2.48. The van der Waals surface area contributed by atoms with Gasteiger partial charge in [0, 0.05) is 36.0 Å². The zero-order valence-electron chi connectivity index (χ0n) is 22.7. The van der Waals surface area contributed by atoms with Gasteiger partial charge in [0.2, 0.25) is 0 Å². The molecule has 8 nitrogen and oxygen atoms in total. The van der Waals surface area contributed by atoms with Crippen LogP contribution < -0.4 is 0 Å². The summed E-state index contributed by atoms with van der Waals surface area (Å²) >= 11 is 0. The second kappa shape index (κ2) is 9.68. The molecule has 2 aromatic carbocycles. The third-order valence-electron chi connectivity index (χ3n) is 6.25. The van der Waals surface area contributed by atoms with Crippen LogP contribution in [-0.2, 0) is 14.3 Å². The van der Waals surface area contributed by atoms with E-state index in [1.54, 1.807) is 49.5 Å². The van der Waals surface area contributed by atoms with Gasteiger partial charge in [-0.3, -0.25) is 18.5 Å². The normalized spacial score (nSPS) is 18.3. The van der Waals surface area contributed by atoms with Crippen LogP contribution in [0.3, 0.4) is 0 Å². The molecule has 206 valence electrons. The fourth-order valence-electron chi connectivity index (χ4n) is 4.96. The third-order valence-corrected chi connectivity index (χ3v) is 8.56. The lowest BCUT2D eigenvalue weighted by atomic mass is 9.95. The number of rotatable bonds is 4. The Hall–Kier alpha value is -2.92. The van der Waals surface area contributed by atoms with E-state index < -0.39 is 45.8 Å². The molecule has 1 aromatic heterocycles. The van der Waals surface area contributed by atoms with Crippen LogP contribution in [0.2, 0.25) is 0 Å². The molecule has 0 bridgehead atoms. The lowest BCUT2D eigenvalue weighted by molar-refractivity contribution is -0.141. The van der Waals surface area contributed by atoms with Gasteiger partial charge in [-0.15, -0.1) is 10.8 Å². The number of aromatic nitrogens is 1. The lowest BCUT2D eigenvalue weighted by Crippen LogP contribution is -2.42. The minimum Gasteiger partial charge on any atom is -0.466 e. The Morgan fingerprint density at radius 1 is 1.05 bits per heavy atom. The second-order valence-electron chi connectivity index (χ2n) is 11.5. The first-order valence-corrected chi connectivity index (χ1v) is 13.9. The highest BCUT2D eigenvalue weighted by atomic mass is 32.3. The molecular formula is C28H35FN2O6S. The van der Waals surface area contributed by atoms with Gasteiger partial charge in [-0.2, -0.15) is 4.31 Å². The van der Waals surface area contributed by atoms with Crippen molar-refractivity contribution in [3.8, 4) is 11.1 Å². The fourth-order valence-corrected chi connectivity index (χ4v) is 7.28. The van der Waals surface area contributed by atoms with Gasteiger partial charge in [-0.1, -0.05) is 6.07 Å². The van der Waals surface area contributed by atoms with Crippen molar-refractivity contribution >= 4 is 33.7 Å². The summed E-state index contributed by atoms with van der Waals surface area (Å²) in [6.45, 7) is 12.4. The first kappa shape index (κ1) is 28.1. The number of ether oxygens (including phenoxy) is 2. The molecule has 1 aliphatic rings. The predicted octanol–water partition coefficient (Wildman–Crippen LogP) is 7.36. The predicted molar refractivity (Wildman–Crippen MR) is 146 cm³/mol. The Balaban J connectivity index is 1.86. The Morgan fingerprint density at radius 3 is 2.34 bits per heavy atom. The van der Waals surface area contributed by atoms with Crippen LogP contribution in [0.5, 0.6) is 0 Å². The number of hydrogen-bond donors (Lipinski definition) is 2. The zero-order valence-corrected chi connectivity index (χ0v) is 23.6. The van der Waals surface area contributed by atoms with Crippen molar-refractivity contribution in [1.29, 1.82) is 0 Å². The van der Waals surface area contributed by atoms with Crippen molar-refractivity contribution in [3.05, 3.63) is 54.0 Å². The molecule has 0 aliphatic carbocycles. The van der Waals surface area contributed by atoms with Crippen molar-refractivity contribution in [1.82, 2.24) is 8.87 Å². The summed E-state index contributed by atoms with van der Waals surface area (Å²) in [5.74, 6) is -0.894. The maximum Gasteiger partial charge on any atom is 0.419 e. The van der Waals surface area contributed by atoms with Crippen LogP contribution in [0.1, 0.15) is 66.5 Å². The van der Waals surface area contributed by atoms with E-state index >= 15 is 0 Å². The van der Waals surface area contributed by atoms with Crippen LogP contribution in [0.4, 0.5) is 9.18 Å². The summed E-state index contributed by atoms with van der Waals surface area (Å²) in [7, 11) is -3.32. The molecule has 0 saturated heterocycles. The molecule has 1 unspecified atom stereocenters. The first-order chi connectivity index (χ1) is 17.5. The third kappa shape index (κ3) is 5.31. The van der Waals surface area contributed by atoms with Gasteiger partial charge in [-0.25, -0.2) is 9.18 Å². The summed E-state index contributed by atoms with van der Waals surface area (Å²) in [5, 5.41) is 0.644. The number of hydrogen-bond acceptors (Lipinski definition) is 7. The van der Waals surface area contributed by atoms with E-state index in [0.29, 0.717) is 38.9 Å². The van der Waals surface area contributed by atoms with Gasteiger partial charge < -0.3 is 9.47 Å². The molecule has 2 heterocycles. The quantitative estimate of drug-likeness (QED) is 0.330. The van der Waals surface area contributed by atoms with Crippen molar-refractivity contribution in [2.24, 2.45) is 0 Å². The molecule has 0 radical (unpaired) electrons. The number of carbonyl (C=O) groups is 2.